The normalized spacial score (nSPS) is 13.5. The molecule has 1 amide bonds. The van der Waals surface area contributed by atoms with Crippen LogP contribution in [-0.4, -0.2) is 45.0 Å². The van der Waals surface area contributed by atoms with Gasteiger partial charge in [-0.25, -0.2) is 0 Å². The van der Waals surface area contributed by atoms with Crippen LogP contribution in [0.1, 0.15) is 17.5 Å². The third kappa shape index (κ3) is 3.47. The first-order valence-corrected chi connectivity index (χ1v) is 6.82. The minimum atomic E-state index is 0.170. The fourth-order valence-corrected chi connectivity index (χ4v) is 2.38. The van der Waals surface area contributed by atoms with Crippen LogP contribution in [0, 0.1) is 0 Å². The van der Waals surface area contributed by atoms with Gasteiger partial charge in [-0.1, -0.05) is 12.1 Å². The van der Waals surface area contributed by atoms with E-state index in [0.717, 1.165) is 26.1 Å². The standard InChI is InChI=1S/C15H23N3O/c1-17(2)15(19)6-8-16-11-12-4-5-14-13(10-12)7-9-18(14)3/h4-5,10,16H,6-9,11H2,1-3H3. The summed E-state index contributed by atoms with van der Waals surface area (Å²) < 4.78 is 0. The largest absolute Gasteiger partial charge is 0.374 e. The van der Waals surface area contributed by atoms with Crippen LogP contribution in [0.15, 0.2) is 18.2 Å². The first-order chi connectivity index (χ1) is 9.08. The van der Waals surface area contributed by atoms with Crippen LogP contribution < -0.4 is 10.2 Å². The Labute approximate surface area is 115 Å². The minimum absolute atomic E-state index is 0.170. The van der Waals surface area contributed by atoms with E-state index in [9.17, 15) is 4.79 Å². The summed E-state index contributed by atoms with van der Waals surface area (Å²) in [6.45, 7) is 2.68. The van der Waals surface area contributed by atoms with Gasteiger partial charge in [-0.05, 0) is 23.6 Å². The van der Waals surface area contributed by atoms with Gasteiger partial charge in [0.2, 0.25) is 5.91 Å². The van der Waals surface area contributed by atoms with E-state index in [0.29, 0.717) is 6.42 Å². The topological polar surface area (TPSA) is 35.6 Å². The highest BCUT2D eigenvalue weighted by atomic mass is 16.2. The average Bonchev–Trinajstić information content (AvgIpc) is 2.75. The predicted molar refractivity (Wildman–Crippen MR) is 78.4 cm³/mol. The van der Waals surface area contributed by atoms with Crippen LogP contribution >= 0.6 is 0 Å². The zero-order valence-corrected chi connectivity index (χ0v) is 12.1. The minimum Gasteiger partial charge on any atom is -0.374 e. The lowest BCUT2D eigenvalue weighted by Gasteiger charge is -2.13. The van der Waals surface area contributed by atoms with E-state index in [4.69, 9.17) is 0 Å². The summed E-state index contributed by atoms with van der Waals surface area (Å²) in [7, 11) is 5.72. The zero-order valence-electron chi connectivity index (χ0n) is 12.1. The summed E-state index contributed by atoms with van der Waals surface area (Å²) >= 11 is 0. The maximum absolute atomic E-state index is 11.4. The summed E-state index contributed by atoms with van der Waals surface area (Å²) in [5.74, 6) is 0.170. The number of amides is 1. The van der Waals surface area contributed by atoms with Crippen LogP contribution in [0.25, 0.3) is 0 Å². The highest BCUT2D eigenvalue weighted by Crippen LogP contribution is 2.27. The van der Waals surface area contributed by atoms with E-state index in [1.807, 2.05) is 0 Å². The van der Waals surface area contributed by atoms with E-state index in [-0.39, 0.29) is 5.91 Å². The lowest BCUT2D eigenvalue weighted by molar-refractivity contribution is -0.128. The number of hydrogen-bond acceptors (Lipinski definition) is 3. The Kier molecular flexibility index (Phi) is 4.43. The molecule has 1 aliphatic rings. The maximum atomic E-state index is 11.4. The molecular weight excluding hydrogens is 238 g/mol. The van der Waals surface area contributed by atoms with Gasteiger partial charge in [0.15, 0.2) is 0 Å². The number of fused-ring (bicyclic) bond motifs is 1. The lowest BCUT2D eigenvalue weighted by Crippen LogP contribution is -2.26. The quantitative estimate of drug-likeness (QED) is 0.810. The third-order valence-corrected chi connectivity index (χ3v) is 3.62. The van der Waals surface area contributed by atoms with E-state index < -0.39 is 0 Å². The van der Waals surface area contributed by atoms with Gasteiger partial charge in [-0.15, -0.1) is 0 Å². The van der Waals surface area contributed by atoms with Crippen molar-refractivity contribution in [1.29, 1.82) is 0 Å². The Morgan fingerprint density at radius 3 is 2.95 bits per heavy atom. The van der Waals surface area contributed by atoms with Gasteiger partial charge in [0.25, 0.3) is 0 Å². The molecule has 1 aromatic carbocycles. The Balaban J connectivity index is 1.80. The summed E-state index contributed by atoms with van der Waals surface area (Å²) in [5, 5.41) is 3.33. The molecule has 0 radical (unpaired) electrons. The molecule has 0 aliphatic carbocycles. The molecule has 4 heteroatoms. The number of carbonyl (C=O) groups excluding carboxylic acids is 1. The van der Waals surface area contributed by atoms with Crippen LogP contribution in [-0.2, 0) is 17.8 Å². The third-order valence-electron chi connectivity index (χ3n) is 3.62. The highest BCUT2D eigenvalue weighted by Gasteiger charge is 2.15. The molecule has 1 aromatic rings. The number of benzene rings is 1. The Morgan fingerprint density at radius 1 is 1.42 bits per heavy atom. The van der Waals surface area contributed by atoms with Crippen molar-refractivity contribution < 1.29 is 4.79 Å². The van der Waals surface area contributed by atoms with Gasteiger partial charge in [-0.2, -0.15) is 0 Å². The number of anilines is 1. The first-order valence-electron chi connectivity index (χ1n) is 6.82. The van der Waals surface area contributed by atoms with E-state index in [2.05, 4.69) is 35.5 Å². The molecule has 1 heterocycles. The van der Waals surface area contributed by atoms with Gasteiger partial charge < -0.3 is 15.1 Å². The van der Waals surface area contributed by atoms with E-state index >= 15 is 0 Å². The smallest absolute Gasteiger partial charge is 0.223 e. The number of carbonyl (C=O) groups is 1. The fraction of sp³-hybridized carbons (Fsp3) is 0.533. The molecule has 0 atom stereocenters. The van der Waals surface area contributed by atoms with E-state index in [1.165, 1.54) is 16.8 Å². The molecule has 0 bridgehead atoms. The van der Waals surface area contributed by atoms with Gasteiger partial charge in [0.05, 0.1) is 0 Å². The molecule has 1 aliphatic heterocycles. The molecule has 0 unspecified atom stereocenters. The van der Waals surface area contributed by atoms with Crippen LogP contribution in [0.5, 0.6) is 0 Å². The molecular formula is C15H23N3O. The summed E-state index contributed by atoms with van der Waals surface area (Å²) in [6.07, 6.45) is 1.69. The highest BCUT2D eigenvalue weighted by molar-refractivity contribution is 5.75. The van der Waals surface area contributed by atoms with Crippen molar-refractivity contribution >= 4 is 11.6 Å². The molecule has 0 aromatic heterocycles. The Hall–Kier alpha value is -1.55. The second-order valence-electron chi connectivity index (χ2n) is 5.35. The molecule has 0 fully saturated rings. The maximum Gasteiger partial charge on any atom is 0.223 e. The average molecular weight is 261 g/mol. The van der Waals surface area contributed by atoms with Crippen molar-refractivity contribution in [3.8, 4) is 0 Å². The molecule has 1 N–H and O–H groups in total. The van der Waals surface area contributed by atoms with Crippen molar-refractivity contribution in [2.45, 2.75) is 19.4 Å². The van der Waals surface area contributed by atoms with Crippen molar-refractivity contribution in [2.24, 2.45) is 0 Å². The lowest BCUT2D eigenvalue weighted by atomic mass is 10.1. The molecule has 2 rings (SSSR count). The number of likely N-dealkylation sites (N-methyl/N-ethyl adjacent to an activating group) is 1. The van der Waals surface area contributed by atoms with Crippen molar-refractivity contribution in [3.63, 3.8) is 0 Å². The Bertz CT molecular complexity index is 457. The van der Waals surface area contributed by atoms with Crippen molar-refractivity contribution in [3.05, 3.63) is 29.3 Å². The van der Waals surface area contributed by atoms with Crippen molar-refractivity contribution in [1.82, 2.24) is 10.2 Å². The molecule has 104 valence electrons. The number of nitrogens with one attached hydrogen (secondary N) is 1. The molecule has 4 nitrogen and oxygen atoms in total. The molecule has 19 heavy (non-hydrogen) atoms. The molecule has 0 spiro atoms. The summed E-state index contributed by atoms with van der Waals surface area (Å²) in [6, 6.07) is 6.64. The second kappa shape index (κ2) is 6.06. The first kappa shape index (κ1) is 13.9. The summed E-state index contributed by atoms with van der Waals surface area (Å²) in [5.41, 5.74) is 4.09. The fourth-order valence-electron chi connectivity index (χ4n) is 2.38. The second-order valence-corrected chi connectivity index (χ2v) is 5.35. The Morgan fingerprint density at radius 2 is 2.21 bits per heavy atom. The van der Waals surface area contributed by atoms with Crippen LogP contribution in [0.4, 0.5) is 5.69 Å². The number of nitrogens with zero attached hydrogens (tertiary/aromatic N) is 2. The number of rotatable bonds is 5. The zero-order chi connectivity index (χ0) is 13.8. The van der Waals surface area contributed by atoms with Gasteiger partial charge in [0, 0.05) is 52.9 Å². The molecule has 0 saturated carbocycles. The molecule has 0 saturated heterocycles. The summed E-state index contributed by atoms with van der Waals surface area (Å²) in [4.78, 5) is 15.3. The number of hydrogen-bond donors (Lipinski definition) is 1. The van der Waals surface area contributed by atoms with Gasteiger partial charge in [-0.3, -0.25) is 4.79 Å². The monoisotopic (exact) mass is 261 g/mol. The van der Waals surface area contributed by atoms with Crippen LogP contribution in [0.3, 0.4) is 0 Å². The van der Waals surface area contributed by atoms with Gasteiger partial charge in [0.1, 0.15) is 0 Å². The van der Waals surface area contributed by atoms with Crippen LogP contribution in [0.2, 0.25) is 0 Å². The predicted octanol–water partition coefficient (Wildman–Crippen LogP) is 1.25. The van der Waals surface area contributed by atoms with E-state index in [1.54, 1.807) is 19.0 Å². The van der Waals surface area contributed by atoms with Crippen molar-refractivity contribution in [2.75, 3.05) is 39.1 Å². The van der Waals surface area contributed by atoms with Gasteiger partial charge >= 0.3 is 0 Å². The SMILES string of the molecule is CN(C)C(=O)CCNCc1ccc2c(c1)CCN2C.